The topological polar surface area (TPSA) is 79.9 Å². The van der Waals surface area contributed by atoms with Gasteiger partial charge in [0.25, 0.3) is 0 Å². The largest absolute Gasteiger partial charge is 0.415 e. The molecule has 1 saturated heterocycles. The van der Waals surface area contributed by atoms with Gasteiger partial charge in [0.15, 0.2) is 0 Å². The lowest BCUT2D eigenvalue weighted by Crippen LogP contribution is -2.44. The molecule has 0 saturated carbocycles. The summed E-state index contributed by atoms with van der Waals surface area (Å²) in [4.78, 5) is 25.4. The first-order valence-corrected chi connectivity index (χ1v) is 8.21. The van der Waals surface area contributed by atoms with E-state index in [1.54, 1.807) is 24.1 Å². The summed E-state index contributed by atoms with van der Waals surface area (Å²) >= 11 is 0. The SMILES string of the molecule is COCCNC(=O)NCC1CCN(C(=O)Oc2ccccc2)CC1. The van der Waals surface area contributed by atoms with Crippen LogP contribution >= 0.6 is 0 Å². The van der Waals surface area contributed by atoms with E-state index >= 15 is 0 Å². The van der Waals surface area contributed by atoms with Crippen molar-refractivity contribution < 1.29 is 19.1 Å². The molecule has 132 valence electrons. The highest BCUT2D eigenvalue weighted by Gasteiger charge is 2.24. The summed E-state index contributed by atoms with van der Waals surface area (Å²) in [7, 11) is 1.59. The zero-order valence-electron chi connectivity index (χ0n) is 14.0. The number of hydrogen-bond donors (Lipinski definition) is 2. The molecule has 2 rings (SSSR count). The van der Waals surface area contributed by atoms with Gasteiger partial charge in [-0.3, -0.25) is 0 Å². The van der Waals surface area contributed by atoms with Gasteiger partial charge in [-0.1, -0.05) is 18.2 Å². The minimum atomic E-state index is -0.315. The quantitative estimate of drug-likeness (QED) is 0.778. The lowest BCUT2D eigenvalue weighted by atomic mass is 9.97. The van der Waals surface area contributed by atoms with Crippen molar-refractivity contribution in [2.45, 2.75) is 12.8 Å². The number of benzene rings is 1. The van der Waals surface area contributed by atoms with Crippen LogP contribution in [0.15, 0.2) is 30.3 Å². The van der Waals surface area contributed by atoms with Crippen molar-refractivity contribution in [1.29, 1.82) is 0 Å². The number of rotatable bonds is 6. The number of carbonyl (C=O) groups excluding carboxylic acids is 2. The Labute approximate surface area is 142 Å². The molecule has 0 spiro atoms. The fourth-order valence-corrected chi connectivity index (χ4v) is 2.54. The van der Waals surface area contributed by atoms with Crippen LogP contribution in [0.2, 0.25) is 0 Å². The Morgan fingerprint density at radius 1 is 1.17 bits per heavy atom. The average Bonchev–Trinajstić information content (AvgIpc) is 2.61. The third kappa shape index (κ3) is 6.08. The Balaban J connectivity index is 1.64. The molecule has 3 amide bonds. The molecule has 0 bridgehead atoms. The van der Waals surface area contributed by atoms with E-state index in [4.69, 9.17) is 9.47 Å². The van der Waals surface area contributed by atoms with Crippen LogP contribution in [-0.4, -0.2) is 56.9 Å². The van der Waals surface area contributed by atoms with Gasteiger partial charge in [0.05, 0.1) is 6.61 Å². The van der Waals surface area contributed by atoms with E-state index in [-0.39, 0.29) is 12.1 Å². The smallest absolute Gasteiger partial charge is 0.410 e. The Hall–Kier alpha value is -2.28. The molecule has 1 aliphatic heterocycles. The fourth-order valence-electron chi connectivity index (χ4n) is 2.54. The number of carbonyl (C=O) groups is 2. The van der Waals surface area contributed by atoms with Crippen LogP contribution < -0.4 is 15.4 Å². The highest BCUT2D eigenvalue weighted by Crippen LogP contribution is 2.18. The van der Waals surface area contributed by atoms with Gasteiger partial charge in [0.2, 0.25) is 0 Å². The predicted molar refractivity (Wildman–Crippen MR) is 90.0 cm³/mol. The molecule has 1 aromatic rings. The second-order valence-electron chi connectivity index (χ2n) is 5.74. The Kier molecular flexibility index (Phi) is 7.35. The normalized spacial score (nSPS) is 15.0. The molecule has 7 nitrogen and oxygen atoms in total. The molecule has 7 heteroatoms. The van der Waals surface area contributed by atoms with Crippen molar-refractivity contribution in [1.82, 2.24) is 15.5 Å². The number of para-hydroxylation sites is 1. The minimum absolute atomic E-state index is 0.182. The summed E-state index contributed by atoms with van der Waals surface area (Å²) in [5.74, 6) is 0.929. The molecule has 1 fully saturated rings. The summed E-state index contributed by atoms with van der Waals surface area (Å²) in [6.07, 6.45) is 1.38. The van der Waals surface area contributed by atoms with Gasteiger partial charge in [-0.25, -0.2) is 9.59 Å². The van der Waals surface area contributed by atoms with Crippen molar-refractivity contribution in [3.8, 4) is 5.75 Å². The van der Waals surface area contributed by atoms with Crippen LogP contribution in [0.3, 0.4) is 0 Å². The lowest BCUT2D eigenvalue weighted by molar-refractivity contribution is 0.130. The average molecular weight is 335 g/mol. The van der Waals surface area contributed by atoms with Crippen LogP contribution in [0.25, 0.3) is 0 Å². The van der Waals surface area contributed by atoms with Crippen molar-refractivity contribution in [3.63, 3.8) is 0 Å². The highest BCUT2D eigenvalue weighted by molar-refractivity contribution is 5.73. The third-order valence-electron chi connectivity index (χ3n) is 3.96. The van der Waals surface area contributed by atoms with Crippen molar-refractivity contribution in [2.75, 3.05) is 39.9 Å². The van der Waals surface area contributed by atoms with Gasteiger partial charge < -0.3 is 25.0 Å². The maximum atomic E-state index is 12.1. The van der Waals surface area contributed by atoms with Gasteiger partial charge in [-0.05, 0) is 30.9 Å². The van der Waals surface area contributed by atoms with Crippen LogP contribution in [0.4, 0.5) is 9.59 Å². The number of nitrogens with zero attached hydrogens (tertiary/aromatic N) is 1. The summed E-state index contributed by atoms with van der Waals surface area (Å²) in [6, 6.07) is 8.88. The van der Waals surface area contributed by atoms with E-state index in [2.05, 4.69) is 10.6 Å². The van der Waals surface area contributed by atoms with Gasteiger partial charge in [-0.2, -0.15) is 0 Å². The number of nitrogens with one attached hydrogen (secondary N) is 2. The number of piperidine rings is 1. The van der Waals surface area contributed by atoms with Crippen LogP contribution in [0.5, 0.6) is 5.75 Å². The highest BCUT2D eigenvalue weighted by atomic mass is 16.6. The Morgan fingerprint density at radius 3 is 2.54 bits per heavy atom. The van der Waals surface area contributed by atoms with Gasteiger partial charge in [-0.15, -0.1) is 0 Å². The molecule has 0 atom stereocenters. The fraction of sp³-hybridized carbons (Fsp3) is 0.529. The Morgan fingerprint density at radius 2 is 1.88 bits per heavy atom. The monoisotopic (exact) mass is 335 g/mol. The second-order valence-corrected chi connectivity index (χ2v) is 5.74. The molecule has 0 unspecified atom stereocenters. The minimum Gasteiger partial charge on any atom is -0.410 e. The summed E-state index contributed by atoms with van der Waals surface area (Å²) < 4.78 is 10.2. The summed E-state index contributed by atoms with van der Waals surface area (Å²) in [5, 5.41) is 5.57. The van der Waals surface area contributed by atoms with Gasteiger partial charge in [0, 0.05) is 33.3 Å². The van der Waals surface area contributed by atoms with E-state index in [9.17, 15) is 9.59 Å². The van der Waals surface area contributed by atoms with E-state index in [0.717, 1.165) is 12.8 Å². The van der Waals surface area contributed by atoms with Crippen molar-refractivity contribution in [2.24, 2.45) is 5.92 Å². The molecular weight excluding hydrogens is 310 g/mol. The molecule has 2 N–H and O–H groups in total. The van der Waals surface area contributed by atoms with Crippen molar-refractivity contribution in [3.05, 3.63) is 30.3 Å². The second kappa shape index (κ2) is 9.77. The van der Waals surface area contributed by atoms with Gasteiger partial charge in [0.1, 0.15) is 5.75 Å². The molecule has 0 radical (unpaired) electrons. The van der Waals surface area contributed by atoms with Crippen LogP contribution in [0.1, 0.15) is 12.8 Å². The molecular formula is C17H25N3O4. The number of likely N-dealkylation sites (tertiary alicyclic amines) is 1. The number of ether oxygens (including phenoxy) is 2. The number of methoxy groups -OCH3 is 1. The Bertz CT molecular complexity index is 516. The molecule has 24 heavy (non-hydrogen) atoms. The summed E-state index contributed by atoms with van der Waals surface area (Å²) in [5.41, 5.74) is 0. The standard InChI is InChI=1S/C17H25N3O4/c1-23-12-9-18-16(21)19-13-14-7-10-20(11-8-14)17(22)24-15-5-3-2-4-6-15/h2-6,14H,7-13H2,1H3,(H2,18,19,21). The van der Waals surface area contributed by atoms with E-state index in [0.29, 0.717) is 44.5 Å². The van der Waals surface area contributed by atoms with Crippen LogP contribution in [0, 0.1) is 5.92 Å². The first-order valence-electron chi connectivity index (χ1n) is 8.21. The van der Waals surface area contributed by atoms with E-state index < -0.39 is 0 Å². The summed E-state index contributed by atoms with van der Waals surface area (Å²) in [6.45, 7) is 2.88. The molecule has 1 heterocycles. The molecule has 0 aromatic heterocycles. The van der Waals surface area contributed by atoms with Crippen LogP contribution in [-0.2, 0) is 4.74 Å². The first-order chi connectivity index (χ1) is 11.7. The van der Waals surface area contributed by atoms with Crippen molar-refractivity contribution >= 4 is 12.1 Å². The lowest BCUT2D eigenvalue weighted by Gasteiger charge is -2.31. The zero-order valence-corrected chi connectivity index (χ0v) is 14.0. The molecule has 1 aromatic carbocycles. The van der Waals surface area contributed by atoms with E-state index in [1.807, 2.05) is 18.2 Å². The maximum Gasteiger partial charge on any atom is 0.415 e. The number of amides is 3. The first kappa shape index (κ1) is 18.1. The predicted octanol–water partition coefficient (Wildman–Crippen LogP) is 1.84. The number of urea groups is 1. The number of hydrogen-bond acceptors (Lipinski definition) is 4. The van der Waals surface area contributed by atoms with E-state index in [1.165, 1.54) is 0 Å². The zero-order chi connectivity index (χ0) is 17.2. The van der Waals surface area contributed by atoms with Gasteiger partial charge >= 0.3 is 12.1 Å². The molecule has 1 aliphatic rings. The maximum absolute atomic E-state index is 12.1. The molecule has 0 aliphatic carbocycles. The third-order valence-corrected chi connectivity index (χ3v) is 3.96.